The van der Waals surface area contributed by atoms with E-state index in [9.17, 15) is 4.79 Å². The van der Waals surface area contributed by atoms with Crippen LogP contribution in [-0.4, -0.2) is 38.7 Å². The molecule has 1 atom stereocenters. The molecule has 1 aromatic heterocycles. The Labute approximate surface area is 111 Å². The number of carbonyl (C=O) groups excluding carboxylic acids is 1. The van der Waals surface area contributed by atoms with E-state index >= 15 is 0 Å². The van der Waals surface area contributed by atoms with Crippen LogP contribution in [0.3, 0.4) is 0 Å². The summed E-state index contributed by atoms with van der Waals surface area (Å²) in [6.07, 6.45) is 4.25. The molecule has 106 valence electrons. The van der Waals surface area contributed by atoms with Crippen LogP contribution >= 0.6 is 0 Å². The summed E-state index contributed by atoms with van der Waals surface area (Å²) in [6.45, 7) is 2.45. The Morgan fingerprint density at radius 3 is 3.05 bits per heavy atom. The molecule has 19 heavy (non-hydrogen) atoms. The number of oxime groups is 1. The molecule has 0 spiro atoms. The highest BCUT2D eigenvalue weighted by atomic mass is 16.4. The summed E-state index contributed by atoms with van der Waals surface area (Å²) in [5, 5.41) is 20.8. The van der Waals surface area contributed by atoms with Crippen molar-refractivity contribution in [3.8, 4) is 0 Å². The maximum Gasteiger partial charge on any atom is 0.230 e. The number of nitrogens with one attached hydrogen (secondary N) is 2. The average molecular weight is 268 g/mol. The van der Waals surface area contributed by atoms with Gasteiger partial charge in [0.1, 0.15) is 12.2 Å². The topological polar surface area (TPSA) is 129 Å². The lowest BCUT2D eigenvalue weighted by molar-refractivity contribution is -0.123. The van der Waals surface area contributed by atoms with Gasteiger partial charge in [-0.3, -0.25) is 9.89 Å². The van der Waals surface area contributed by atoms with E-state index in [0.717, 1.165) is 18.7 Å². The van der Waals surface area contributed by atoms with Crippen molar-refractivity contribution in [2.75, 3.05) is 6.54 Å². The Balaban J connectivity index is 2.32. The minimum atomic E-state index is -0.569. The molecule has 8 nitrogen and oxygen atoms in total. The van der Waals surface area contributed by atoms with Gasteiger partial charge in [0, 0.05) is 13.0 Å². The summed E-state index contributed by atoms with van der Waals surface area (Å²) in [5.74, 6) is -0.0413. The van der Waals surface area contributed by atoms with Gasteiger partial charge in [-0.05, 0) is 12.8 Å². The fourth-order valence-electron chi connectivity index (χ4n) is 1.71. The molecule has 0 saturated carbocycles. The number of amides is 1. The summed E-state index contributed by atoms with van der Waals surface area (Å²) >= 11 is 0. The number of hydrogen-bond donors (Lipinski definition) is 4. The zero-order valence-corrected chi connectivity index (χ0v) is 11.0. The van der Waals surface area contributed by atoms with Gasteiger partial charge in [0.15, 0.2) is 5.84 Å². The van der Waals surface area contributed by atoms with Crippen molar-refractivity contribution >= 4 is 11.7 Å². The number of carbonyl (C=O) groups is 1. The first-order chi connectivity index (χ1) is 9.19. The van der Waals surface area contributed by atoms with E-state index in [2.05, 4.69) is 25.7 Å². The number of aryl methyl sites for hydroxylation is 1. The number of hydrogen-bond acceptors (Lipinski definition) is 5. The van der Waals surface area contributed by atoms with Gasteiger partial charge in [0.25, 0.3) is 0 Å². The highest BCUT2D eigenvalue weighted by Gasteiger charge is 2.21. The minimum Gasteiger partial charge on any atom is -0.409 e. The SMILES string of the molecule is CCCC(C(=O)NCCCc1ncn[nH]1)C(N)=NO. The molecule has 1 unspecified atom stereocenters. The van der Waals surface area contributed by atoms with Crippen LogP contribution in [0.1, 0.15) is 32.0 Å². The highest BCUT2D eigenvalue weighted by Crippen LogP contribution is 2.06. The van der Waals surface area contributed by atoms with Gasteiger partial charge in [-0.15, -0.1) is 0 Å². The minimum absolute atomic E-state index is 0.0467. The maximum absolute atomic E-state index is 11.9. The third kappa shape index (κ3) is 4.94. The van der Waals surface area contributed by atoms with Crippen molar-refractivity contribution in [2.45, 2.75) is 32.6 Å². The van der Waals surface area contributed by atoms with Crippen LogP contribution in [0, 0.1) is 5.92 Å². The molecule has 0 aliphatic heterocycles. The molecule has 8 heteroatoms. The van der Waals surface area contributed by atoms with E-state index in [-0.39, 0.29) is 11.7 Å². The van der Waals surface area contributed by atoms with Gasteiger partial charge in [-0.2, -0.15) is 5.10 Å². The number of rotatable bonds is 8. The second-order valence-corrected chi connectivity index (χ2v) is 4.19. The summed E-state index contributed by atoms with van der Waals surface area (Å²) in [4.78, 5) is 15.9. The van der Waals surface area contributed by atoms with Crippen molar-refractivity contribution in [3.05, 3.63) is 12.2 Å². The highest BCUT2D eigenvalue weighted by molar-refractivity contribution is 6.01. The van der Waals surface area contributed by atoms with Crippen molar-refractivity contribution in [3.63, 3.8) is 0 Å². The van der Waals surface area contributed by atoms with Gasteiger partial charge in [-0.25, -0.2) is 4.98 Å². The molecule has 0 radical (unpaired) electrons. The van der Waals surface area contributed by atoms with E-state index < -0.39 is 5.92 Å². The Morgan fingerprint density at radius 1 is 1.68 bits per heavy atom. The first-order valence-electron chi connectivity index (χ1n) is 6.28. The lowest BCUT2D eigenvalue weighted by Crippen LogP contribution is -2.39. The zero-order chi connectivity index (χ0) is 14.1. The predicted molar refractivity (Wildman–Crippen MR) is 69.5 cm³/mol. The first-order valence-corrected chi connectivity index (χ1v) is 6.28. The smallest absolute Gasteiger partial charge is 0.230 e. The Bertz CT molecular complexity index is 403. The molecule has 1 aromatic rings. The molecule has 0 saturated heterocycles. The predicted octanol–water partition coefficient (Wildman–Crippen LogP) is 0.0162. The second-order valence-electron chi connectivity index (χ2n) is 4.19. The molecule has 5 N–H and O–H groups in total. The van der Waals surface area contributed by atoms with E-state index in [0.29, 0.717) is 19.4 Å². The van der Waals surface area contributed by atoms with Gasteiger partial charge in [-0.1, -0.05) is 18.5 Å². The Kier molecular flexibility index (Phi) is 6.34. The summed E-state index contributed by atoms with van der Waals surface area (Å²) in [5.41, 5.74) is 5.50. The van der Waals surface area contributed by atoms with Crippen LogP contribution < -0.4 is 11.1 Å². The number of amidine groups is 1. The van der Waals surface area contributed by atoms with E-state index in [1.807, 2.05) is 6.92 Å². The lowest BCUT2D eigenvalue weighted by Gasteiger charge is -2.14. The van der Waals surface area contributed by atoms with Crippen LogP contribution in [0.5, 0.6) is 0 Å². The van der Waals surface area contributed by atoms with Gasteiger partial charge >= 0.3 is 0 Å². The largest absolute Gasteiger partial charge is 0.409 e. The molecular weight excluding hydrogens is 248 g/mol. The molecule has 1 amide bonds. The standard InChI is InChI=1S/C11H20N6O2/c1-2-4-8(10(12)17-19)11(18)13-6-3-5-9-14-7-15-16-9/h7-8,19H,2-6H2,1H3,(H2,12,17)(H,13,18)(H,14,15,16). The summed E-state index contributed by atoms with van der Waals surface area (Å²) in [6, 6.07) is 0. The maximum atomic E-state index is 11.9. The number of H-pyrrole nitrogens is 1. The molecule has 1 rings (SSSR count). The molecule has 1 heterocycles. The summed E-state index contributed by atoms with van der Waals surface area (Å²) < 4.78 is 0. The fourth-order valence-corrected chi connectivity index (χ4v) is 1.71. The molecule has 0 aliphatic rings. The number of aromatic nitrogens is 3. The van der Waals surface area contributed by atoms with Crippen molar-refractivity contribution in [1.29, 1.82) is 0 Å². The van der Waals surface area contributed by atoms with E-state index in [1.54, 1.807) is 0 Å². The van der Waals surface area contributed by atoms with Crippen LogP contribution in [0.15, 0.2) is 11.5 Å². The first kappa shape index (κ1) is 14.9. The number of nitrogens with zero attached hydrogens (tertiary/aromatic N) is 3. The number of aromatic amines is 1. The van der Waals surface area contributed by atoms with E-state index in [1.165, 1.54) is 6.33 Å². The van der Waals surface area contributed by atoms with Crippen LogP contribution in [-0.2, 0) is 11.2 Å². The summed E-state index contributed by atoms with van der Waals surface area (Å²) in [7, 11) is 0. The molecule has 0 aromatic carbocycles. The average Bonchev–Trinajstić information content (AvgIpc) is 2.93. The molecule has 0 aliphatic carbocycles. The van der Waals surface area contributed by atoms with Crippen molar-refractivity contribution in [2.24, 2.45) is 16.8 Å². The van der Waals surface area contributed by atoms with Gasteiger partial charge < -0.3 is 16.3 Å². The molecule has 0 bridgehead atoms. The molecule has 0 fully saturated rings. The fraction of sp³-hybridized carbons (Fsp3) is 0.636. The van der Waals surface area contributed by atoms with Crippen molar-refractivity contribution in [1.82, 2.24) is 20.5 Å². The van der Waals surface area contributed by atoms with Crippen LogP contribution in [0.4, 0.5) is 0 Å². The normalized spacial score (nSPS) is 13.2. The third-order valence-electron chi connectivity index (χ3n) is 2.72. The Hall–Kier alpha value is -2.12. The van der Waals surface area contributed by atoms with Crippen LogP contribution in [0.2, 0.25) is 0 Å². The van der Waals surface area contributed by atoms with Crippen molar-refractivity contribution < 1.29 is 10.0 Å². The monoisotopic (exact) mass is 268 g/mol. The quantitative estimate of drug-likeness (QED) is 0.173. The Morgan fingerprint density at radius 2 is 2.47 bits per heavy atom. The number of nitrogens with two attached hydrogens (primary N) is 1. The van der Waals surface area contributed by atoms with E-state index in [4.69, 9.17) is 10.9 Å². The van der Waals surface area contributed by atoms with Gasteiger partial charge in [0.05, 0.1) is 5.92 Å². The van der Waals surface area contributed by atoms with Crippen LogP contribution in [0.25, 0.3) is 0 Å². The molecular formula is C11H20N6O2. The zero-order valence-electron chi connectivity index (χ0n) is 11.0. The van der Waals surface area contributed by atoms with Gasteiger partial charge in [0.2, 0.25) is 5.91 Å². The lowest BCUT2D eigenvalue weighted by atomic mass is 10.0. The third-order valence-corrected chi connectivity index (χ3v) is 2.72. The second kappa shape index (κ2) is 8.06.